The standard InChI is InChI=1S/C16H14ClN3OS/c1-11-9-12(17)7-8-14(11)21-10-15-18-19-16(22)20(15)13-5-3-2-4-6-13/h2-9,15H,10H2,1H3. The van der Waals surface area contributed by atoms with E-state index in [1.807, 2.05) is 54.3 Å². The fourth-order valence-electron chi connectivity index (χ4n) is 2.26. The van der Waals surface area contributed by atoms with E-state index in [0.29, 0.717) is 16.7 Å². The zero-order valence-corrected chi connectivity index (χ0v) is 13.5. The van der Waals surface area contributed by atoms with Crippen molar-refractivity contribution in [2.24, 2.45) is 10.2 Å². The van der Waals surface area contributed by atoms with Crippen LogP contribution in [0, 0.1) is 6.92 Å². The lowest BCUT2D eigenvalue weighted by molar-refractivity contribution is 0.291. The molecule has 4 nitrogen and oxygen atoms in total. The molecule has 0 saturated heterocycles. The number of ether oxygens (including phenoxy) is 1. The average molecular weight is 332 g/mol. The van der Waals surface area contributed by atoms with E-state index in [9.17, 15) is 0 Å². The van der Waals surface area contributed by atoms with Gasteiger partial charge in [0.2, 0.25) is 5.11 Å². The number of aryl methyl sites for hydroxylation is 1. The molecule has 1 aliphatic heterocycles. The Hall–Kier alpha value is -1.98. The summed E-state index contributed by atoms with van der Waals surface area (Å²) >= 11 is 11.2. The van der Waals surface area contributed by atoms with Crippen molar-refractivity contribution < 1.29 is 4.74 Å². The highest BCUT2D eigenvalue weighted by Gasteiger charge is 2.28. The molecule has 1 heterocycles. The number of hydrogen-bond acceptors (Lipinski definition) is 3. The Morgan fingerprint density at radius 1 is 1.23 bits per heavy atom. The van der Waals surface area contributed by atoms with Crippen molar-refractivity contribution in [3.05, 3.63) is 59.1 Å². The maximum absolute atomic E-state index is 5.95. The van der Waals surface area contributed by atoms with E-state index in [0.717, 1.165) is 17.0 Å². The molecule has 0 amide bonds. The van der Waals surface area contributed by atoms with Crippen LogP contribution in [0.3, 0.4) is 0 Å². The SMILES string of the molecule is Cc1cc(Cl)ccc1OCC1N=NC(=S)N1c1ccccc1. The third kappa shape index (κ3) is 3.10. The lowest BCUT2D eigenvalue weighted by Crippen LogP contribution is -2.37. The van der Waals surface area contributed by atoms with Crippen molar-refractivity contribution in [1.82, 2.24) is 0 Å². The zero-order valence-electron chi connectivity index (χ0n) is 11.9. The second-order valence-corrected chi connectivity index (χ2v) is 5.71. The summed E-state index contributed by atoms with van der Waals surface area (Å²) < 4.78 is 5.86. The van der Waals surface area contributed by atoms with Crippen LogP contribution < -0.4 is 9.64 Å². The van der Waals surface area contributed by atoms with Gasteiger partial charge in [-0.15, -0.1) is 5.11 Å². The number of benzene rings is 2. The normalized spacial score (nSPS) is 17.1. The van der Waals surface area contributed by atoms with Crippen molar-refractivity contribution in [3.63, 3.8) is 0 Å². The van der Waals surface area contributed by atoms with Gasteiger partial charge in [-0.25, -0.2) is 0 Å². The maximum atomic E-state index is 5.95. The predicted octanol–water partition coefficient (Wildman–Crippen LogP) is 4.61. The molecule has 0 fully saturated rings. The summed E-state index contributed by atoms with van der Waals surface area (Å²) in [5, 5.41) is 9.34. The number of halogens is 1. The van der Waals surface area contributed by atoms with Gasteiger partial charge in [-0.1, -0.05) is 29.8 Å². The van der Waals surface area contributed by atoms with Crippen LogP contribution in [-0.4, -0.2) is 17.9 Å². The number of hydrogen-bond donors (Lipinski definition) is 0. The molecule has 2 aromatic rings. The highest BCUT2D eigenvalue weighted by Crippen LogP contribution is 2.26. The summed E-state index contributed by atoms with van der Waals surface area (Å²) in [5.41, 5.74) is 1.94. The van der Waals surface area contributed by atoms with E-state index in [4.69, 9.17) is 28.6 Å². The Bertz CT molecular complexity index is 721. The lowest BCUT2D eigenvalue weighted by atomic mass is 10.2. The van der Waals surface area contributed by atoms with Crippen LogP contribution in [0.1, 0.15) is 5.56 Å². The number of anilines is 1. The molecule has 22 heavy (non-hydrogen) atoms. The van der Waals surface area contributed by atoms with Crippen molar-refractivity contribution in [2.45, 2.75) is 13.1 Å². The van der Waals surface area contributed by atoms with Crippen molar-refractivity contribution in [1.29, 1.82) is 0 Å². The minimum Gasteiger partial charge on any atom is -0.489 e. The second-order valence-electron chi connectivity index (χ2n) is 4.91. The molecule has 3 rings (SSSR count). The Labute approximate surface area is 139 Å². The second kappa shape index (κ2) is 6.42. The molecule has 0 saturated carbocycles. The topological polar surface area (TPSA) is 37.2 Å². The molecule has 0 radical (unpaired) electrons. The minimum absolute atomic E-state index is 0.259. The van der Waals surface area contributed by atoms with Gasteiger partial charge in [0.25, 0.3) is 0 Å². The van der Waals surface area contributed by atoms with Gasteiger partial charge in [0.05, 0.1) is 0 Å². The first-order chi connectivity index (χ1) is 10.6. The van der Waals surface area contributed by atoms with E-state index >= 15 is 0 Å². The van der Waals surface area contributed by atoms with Gasteiger partial charge in [-0.05, 0) is 55.0 Å². The van der Waals surface area contributed by atoms with Crippen LogP contribution >= 0.6 is 23.8 Å². The molecule has 0 bridgehead atoms. The molecule has 1 aliphatic rings. The van der Waals surface area contributed by atoms with Crippen LogP contribution in [0.25, 0.3) is 0 Å². The number of para-hydroxylation sites is 1. The molecule has 112 valence electrons. The number of azo groups is 1. The van der Waals surface area contributed by atoms with Crippen molar-refractivity contribution >= 4 is 34.6 Å². The fraction of sp³-hybridized carbons (Fsp3) is 0.188. The summed E-state index contributed by atoms with van der Waals surface area (Å²) in [6.45, 7) is 2.32. The van der Waals surface area contributed by atoms with Gasteiger partial charge >= 0.3 is 0 Å². The highest BCUT2D eigenvalue weighted by atomic mass is 35.5. The molecule has 1 atom stereocenters. The van der Waals surface area contributed by atoms with Gasteiger partial charge in [0.15, 0.2) is 6.17 Å². The predicted molar refractivity (Wildman–Crippen MR) is 91.8 cm³/mol. The van der Waals surface area contributed by atoms with E-state index in [1.165, 1.54) is 0 Å². The first-order valence-electron chi connectivity index (χ1n) is 6.83. The Morgan fingerprint density at radius 2 is 2.00 bits per heavy atom. The van der Waals surface area contributed by atoms with Crippen LogP contribution in [-0.2, 0) is 0 Å². The summed E-state index contributed by atoms with van der Waals surface area (Å²) in [6.07, 6.45) is -0.259. The molecule has 1 unspecified atom stereocenters. The van der Waals surface area contributed by atoms with E-state index in [-0.39, 0.29) is 6.17 Å². The van der Waals surface area contributed by atoms with Crippen LogP contribution in [0.15, 0.2) is 58.8 Å². The molecule has 0 aromatic heterocycles. The Balaban J connectivity index is 1.74. The Kier molecular flexibility index (Phi) is 4.36. The van der Waals surface area contributed by atoms with Crippen LogP contribution in [0.4, 0.5) is 5.69 Å². The maximum Gasteiger partial charge on any atom is 0.222 e. The number of nitrogens with zero attached hydrogens (tertiary/aromatic N) is 3. The third-order valence-corrected chi connectivity index (χ3v) is 3.85. The molecule has 0 N–H and O–H groups in total. The average Bonchev–Trinajstić information content (AvgIpc) is 2.88. The molecule has 0 aliphatic carbocycles. The van der Waals surface area contributed by atoms with Gasteiger partial charge in [0, 0.05) is 10.7 Å². The molecular weight excluding hydrogens is 318 g/mol. The third-order valence-electron chi connectivity index (χ3n) is 3.34. The van der Waals surface area contributed by atoms with Gasteiger partial charge in [0.1, 0.15) is 12.4 Å². The monoisotopic (exact) mass is 331 g/mol. The Morgan fingerprint density at radius 3 is 2.73 bits per heavy atom. The van der Waals surface area contributed by atoms with E-state index in [2.05, 4.69) is 10.2 Å². The highest BCUT2D eigenvalue weighted by molar-refractivity contribution is 7.80. The minimum atomic E-state index is -0.259. The first kappa shape index (κ1) is 14.9. The van der Waals surface area contributed by atoms with Gasteiger partial charge < -0.3 is 4.74 Å². The fourth-order valence-corrected chi connectivity index (χ4v) is 2.76. The quantitative estimate of drug-likeness (QED) is 0.768. The summed E-state index contributed by atoms with van der Waals surface area (Å²) in [7, 11) is 0. The molecule has 6 heteroatoms. The van der Waals surface area contributed by atoms with Crippen LogP contribution in [0.2, 0.25) is 5.02 Å². The summed E-state index contributed by atoms with van der Waals surface area (Å²) in [4.78, 5) is 1.89. The van der Waals surface area contributed by atoms with E-state index in [1.54, 1.807) is 6.07 Å². The van der Waals surface area contributed by atoms with Crippen LogP contribution in [0.5, 0.6) is 5.75 Å². The summed E-state index contributed by atoms with van der Waals surface area (Å²) in [6, 6.07) is 15.3. The van der Waals surface area contributed by atoms with E-state index < -0.39 is 0 Å². The largest absolute Gasteiger partial charge is 0.489 e. The first-order valence-corrected chi connectivity index (χ1v) is 7.62. The van der Waals surface area contributed by atoms with Crippen molar-refractivity contribution in [3.8, 4) is 5.75 Å². The molecule has 0 spiro atoms. The van der Waals surface area contributed by atoms with Gasteiger partial charge in [-0.3, -0.25) is 4.90 Å². The number of rotatable bonds is 4. The number of thiocarbonyl (C=S) groups is 1. The lowest BCUT2D eigenvalue weighted by Gasteiger charge is -2.23. The smallest absolute Gasteiger partial charge is 0.222 e. The molecular formula is C16H14ClN3OS. The molecule has 2 aromatic carbocycles. The zero-order chi connectivity index (χ0) is 15.5. The summed E-state index contributed by atoms with van der Waals surface area (Å²) in [5.74, 6) is 0.783. The van der Waals surface area contributed by atoms with Crippen molar-refractivity contribution in [2.75, 3.05) is 11.5 Å². The van der Waals surface area contributed by atoms with Gasteiger partial charge in [-0.2, -0.15) is 5.11 Å².